The largest absolute Gasteiger partial charge is 0.172 e. The normalized spacial score (nSPS) is 10.6. The molecular formula is C18H18N2S3. The van der Waals surface area contributed by atoms with E-state index in [0.717, 1.165) is 11.0 Å². The molecule has 0 aliphatic carbocycles. The number of nitrogens with zero attached hydrogens (tertiary/aromatic N) is 2. The molecule has 0 aliphatic rings. The monoisotopic (exact) mass is 358 g/mol. The molecule has 1 aromatic carbocycles. The maximum absolute atomic E-state index is 4.54. The number of hydrogen-bond acceptors (Lipinski definition) is 5. The molecule has 3 aromatic heterocycles. The minimum atomic E-state index is 1.02. The number of aryl methyl sites for hydroxylation is 2. The van der Waals surface area contributed by atoms with Crippen LogP contribution in [-0.2, 0) is 0 Å². The first-order valence-corrected chi connectivity index (χ1v) is 9.97. The van der Waals surface area contributed by atoms with Crippen LogP contribution >= 0.6 is 34.4 Å². The summed E-state index contributed by atoms with van der Waals surface area (Å²) in [6.45, 7) is 8.26. The van der Waals surface area contributed by atoms with Crippen LogP contribution in [0.25, 0.3) is 31.9 Å². The van der Waals surface area contributed by atoms with Crippen molar-refractivity contribution in [1.29, 1.82) is 0 Å². The molecule has 0 unspecified atom stereocenters. The van der Waals surface area contributed by atoms with E-state index in [2.05, 4.69) is 59.0 Å². The van der Waals surface area contributed by atoms with Gasteiger partial charge in [0.25, 0.3) is 0 Å². The molecule has 0 saturated heterocycles. The summed E-state index contributed by atoms with van der Waals surface area (Å²) in [5.41, 5.74) is 4.42. The molecule has 118 valence electrons. The molecule has 3 heterocycles. The van der Waals surface area contributed by atoms with Gasteiger partial charge >= 0.3 is 0 Å². The van der Waals surface area contributed by atoms with Gasteiger partial charge in [-0.2, -0.15) is 8.75 Å². The predicted octanol–water partition coefficient (Wildman–Crippen LogP) is 6.79. The molecular weight excluding hydrogens is 340 g/mol. The van der Waals surface area contributed by atoms with Gasteiger partial charge in [-0.25, -0.2) is 0 Å². The van der Waals surface area contributed by atoms with Crippen LogP contribution in [0.15, 0.2) is 36.4 Å². The third-order valence-corrected chi connectivity index (χ3v) is 6.02. The van der Waals surface area contributed by atoms with Gasteiger partial charge in [-0.1, -0.05) is 26.0 Å². The first-order valence-electron chi connectivity index (χ1n) is 7.61. The van der Waals surface area contributed by atoms with E-state index in [4.69, 9.17) is 0 Å². The van der Waals surface area contributed by atoms with Crippen molar-refractivity contribution in [3.63, 3.8) is 0 Å². The molecule has 0 fully saturated rings. The second kappa shape index (κ2) is 6.91. The van der Waals surface area contributed by atoms with Crippen LogP contribution in [-0.4, -0.2) is 8.75 Å². The average molecular weight is 359 g/mol. The van der Waals surface area contributed by atoms with Gasteiger partial charge in [0.2, 0.25) is 0 Å². The zero-order valence-corrected chi connectivity index (χ0v) is 16.0. The molecule has 23 heavy (non-hydrogen) atoms. The third-order valence-electron chi connectivity index (χ3n) is 3.43. The fraction of sp³-hybridized carbons (Fsp3) is 0.222. The molecule has 4 rings (SSSR count). The Labute approximate surface area is 148 Å². The molecule has 2 nitrogen and oxygen atoms in total. The van der Waals surface area contributed by atoms with Crippen molar-refractivity contribution in [2.75, 3.05) is 0 Å². The molecule has 0 atom stereocenters. The summed E-state index contributed by atoms with van der Waals surface area (Å²) >= 11 is 4.90. The van der Waals surface area contributed by atoms with Gasteiger partial charge in [-0.3, -0.25) is 0 Å². The van der Waals surface area contributed by atoms with Crippen LogP contribution in [0.1, 0.15) is 23.6 Å². The molecule has 5 heteroatoms. The molecule has 4 aromatic rings. The summed E-state index contributed by atoms with van der Waals surface area (Å²) in [5, 5.41) is 0. The van der Waals surface area contributed by atoms with Gasteiger partial charge in [0.1, 0.15) is 11.0 Å². The lowest BCUT2D eigenvalue weighted by atomic mass is 10.1. The highest BCUT2D eigenvalue weighted by molar-refractivity contribution is 7.16. The van der Waals surface area contributed by atoms with Crippen LogP contribution in [0, 0.1) is 13.8 Å². The standard InChI is InChI=1S/C16H12N2S3.C2H6/c1-9-3-7-13(19-9)11-5-6-12(14-8-4-10(2)20-14)16-15(11)17-21-18-16;1-2/h3-8H,1-2H3;1-2H3. The lowest BCUT2D eigenvalue weighted by Gasteiger charge is -2.03. The number of rotatable bonds is 2. The van der Waals surface area contributed by atoms with Crippen molar-refractivity contribution in [2.45, 2.75) is 27.7 Å². The summed E-state index contributed by atoms with van der Waals surface area (Å²) < 4.78 is 9.08. The SMILES string of the molecule is CC.Cc1ccc(-c2ccc(-c3ccc(C)s3)c3nsnc23)s1. The minimum absolute atomic E-state index is 1.02. The third kappa shape index (κ3) is 3.09. The highest BCUT2D eigenvalue weighted by Gasteiger charge is 2.15. The van der Waals surface area contributed by atoms with E-state index in [1.165, 1.54) is 42.4 Å². The number of fused-ring (bicyclic) bond motifs is 1. The minimum Gasteiger partial charge on any atom is -0.172 e. The zero-order chi connectivity index (χ0) is 16.4. The molecule has 0 spiro atoms. The predicted molar refractivity (Wildman–Crippen MR) is 105 cm³/mol. The first-order chi connectivity index (χ1) is 11.2. The van der Waals surface area contributed by atoms with Gasteiger partial charge < -0.3 is 0 Å². The van der Waals surface area contributed by atoms with E-state index in [1.54, 1.807) is 22.7 Å². The van der Waals surface area contributed by atoms with Gasteiger partial charge in [0, 0.05) is 30.6 Å². The van der Waals surface area contributed by atoms with E-state index >= 15 is 0 Å². The lowest BCUT2D eigenvalue weighted by Crippen LogP contribution is -1.81. The second-order valence-corrected chi connectivity index (χ2v) is 8.05. The van der Waals surface area contributed by atoms with Crippen LogP contribution in [0.2, 0.25) is 0 Å². The van der Waals surface area contributed by atoms with E-state index in [-0.39, 0.29) is 0 Å². The maximum atomic E-state index is 4.54. The molecule has 0 bridgehead atoms. The highest BCUT2D eigenvalue weighted by Crippen LogP contribution is 2.38. The first kappa shape index (κ1) is 16.3. The Morgan fingerprint density at radius 1 is 0.652 bits per heavy atom. The topological polar surface area (TPSA) is 25.8 Å². The quantitative estimate of drug-likeness (QED) is 0.394. The van der Waals surface area contributed by atoms with Gasteiger partial charge in [0.15, 0.2) is 0 Å². The van der Waals surface area contributed by atoms with E-state index in [9.17, 15) is 0 Å². The summed E-state index contributed by atoms with van der Waals surface area (Å²) in [4.78, 5) is 5.16. The van der Waals surface area contributed by atoms with Crippen LogP contribution in [0.3, 0.4) is 0 Å². The molecule has 0 saturated carbocycles. The Morgan fingerprint density at radius 3 is 1.43 bits per heavy atom. The van der Waals surface area contributed by atoms with Crippen LogP contribution < -0.4 is 0 Å². The lowest BCUT2D eigenvalue weighted by molar-refractivity contribution is 1.50. The smallest absolute Gasteiger partial charge is 0.114 e. The molecule has 0 amide bonds. The fourth-order valence-electron chi connectivity index (χ4n) is 2.42. The van der Waals surface area contributed by atoms with Crippen molar-refractivity contribution < 1.29 is 0 Å². The molecule has 0 aliphatic heterocycles. The maximum Gasteiger partial charge on any atom is 0.114 e. The summed E-state index contributed by atoms with van der Waals surface area (Å²) in [6, 6.07) is 13.0. The van der Waals surface area contributed by atoms with E-state index in [0.29, 0.717) is 0 Å². The average Bonchev–Trinajstić information content (AvgIpc) is 3.29. The fourth-order valence-corrected chi connectivity index (χ4v) is 4.78. The van der Waals surface area contributed by atoms with Crippen molar-refractivity contribution in [1.82, 2.24) is 8.75 Å². The number of hydrogen-bond donors (Lipinski definition) is 0. The number of thiophene rings is 2. The number of aromatic nitrogens is 2. The summed E-state index contributed by atoms with van der Waals surface area (Å²) in [6.07, 6.45) is 0. The van der Waals surface area contributed by atoms with Gasteiger partial charge in [-0.05, 0) is 38.1 Å². The number of benzene rings is 1. The van der Waals surface area contributed by atoms with Crippen molar-refractivity contribution in [3.05, 3.63) is 46.2 Å². The summed E-state index contributed by atoms with van der Waals surface area (Å²) in [5.74, 6) is 0. The summed E-state index contributed by atoms with van der Waals surface area (Å²) in [7, 11) is 0. The van der Waals surface area contributed by atoms with Crippen molar-refractivity contribution >= 4 is 45.4 Å². The highest BCUT2D eigenvalue weighted by atomic mass is 32.1. The zero-order valence-electron chi connectivity index (χ0n) is 13.6. The Bertz CT molecular complexity index is 856. The van der Waals surface area contributed by atoms with Gasteiger partial charge in [0.05, 0.1) is 11.7 Å². The Morgan fingerprint density at radius 2 is 1.09 bits per heavy atom. The van der Waals surface area contributed by atoms with E-state index < -0.39 is 0 Å². The molecule has 0 N–H and O–H groups in total. The Balaban J connectivity index is 0.000000753. The van der Waals surface area contributed by atoms with Crippen LogP contribution in [0.5, 0.6) is 0 Å². The van der Waals surface area contributed by atoms with Gasteiger partial charge in [-0.15, -0.1) is 22.7 Å². The Kier molecular flexibility index (Phi) is 4.90. The second-order valence-electron chi connectivity index (χ2n) is 4.94. The van der Waals surface area contributed by atoms with Crippen LogP contribution in [0.4, 0.5) is 0 Å². The van der Waals surface area contributed by atoms with Crippen molar-refractivity contribution in [2.24, 2.45) is 0 Å². The molecule has 0 radical (unpaired) electrons. The van der Waals surface area contributed by atoms with E-state index in [1.807, 2.05) is 13.8 Å². The van der Waals surface area contributed by atoms with Crippen molar-refractivity contribution in [3.8, 4) is 20.9 Å². The Hall–Kier alpha value is -1.56.